The molecule has 1 aliphatic heterocycles. The average molecular weight is 201 g/mol. The topological polar surface area (TPSA) is 60.8 Å². The molecule has 3 atom stereocenters. The number of β-amino-alcohol motifs (C(OH)–C–C–N with tert-alkyl or cyclic N) is 2. The lowest BCUT2D eigenvalue weighted by Crippen LogP contribution is -2.34. The number of amides is 1. The van der Waals surface area contributed by atoms with Crippen LogP contribution in [0.1, 0.15) is 26.7 Å². The summed E-state index contributed by atoms with van der Waals surface area (Å²) in [6.45, 7) is 4.47. The first-order valence-electron chi connectivity index (χ1n) is 5.21. The summed E-state index contributed by atoms with van der Waals surface area (Å²) in [7, 11) is 0. The fourth-order valence-corrected chi connectivity index (χ4v) is 1.82. The zero-order valence-corrected chi connectivity index (χ0v) is 8.81. The minimum Gasteiger partial charge on any atom is -0.388 e. The largest absolute Gasteiger partial charge is 0.388 e. The van der Waals surface area contributed by atoms with Gasteiger partial charge in [0.15, 0.2) is 0 Å². The number of nitrogens with zero attached hydrogens (tertiary/aromatic N) is 1. The van der Waals surface area contributed by atoms with Crippen LogP contribution in [0.3, 0.4) is 0 Å². The van der Waals surface area contributed by atoms with Gasteiger partial charge < -0.3 is 15.1 Å². The van der Waals surface area contributed by atoms with Gasteiger partial charge in [0.25, 0.3) is 0 Å². The Morgan fingerprint density at radius 3 is 2.36 bits per heavy atom. The predicted molar refractivity (Wildman–Crippen MR) is 52.7 cm³/mol. The fourth-order valence-electron chi connectivity index (χ4n) is 1.82. The third kappa shape index (κ3) is 2.45. The SMILES string of the molecule is CCCC(C)C(=O)N1C[C@@H](O)[C@@H](O)C1. The Balaban J connectivity index is 2.46. The number of carbonyl (C=O) groups is 1. The van der Waals surface area contributed by atoms with Crippen molar-refractivity contribution >= 4 is 5.91 Å². The van der Waals surface area contributed by atoms with Crippen LogP contribution in [0.5, 0.6) is 0 Å². The average Bonchev–Trinajstić information content (AvgIpc) is 2.46. The van der Waals surface area contributed by atoms with Crippen molar-refractivity contribution in [3.8, 4) is 0 Å². The highest BCUT2D eigenvalue weighted by molar-refractivity contribution is 5.78. The number of hydrogen-bond donors (Lipinski definition) is 2. The molecule has 1 saturated heterocycles. The highest BCUT2D eigenvalue weighted by Crippen LogP contribution is 2.16. The van der Waals surface area contributed by atoms with Crippen LogP contribution in [0.4, 0.5) is 0 Å². The second-order valence-electron chi connectivity index (χ2n) is 4.07. The van der Waals surface area contributed by atoms with E-state index in [9.17, 15) is 15.0 Å². The van der Waals surface area contributed by atoms with Crippen molar-refractivity contribution in [1.29, 1.82) is 0 Å². The predicted octanol–water partition coefficient (Wildman–Crippen LogP) is -0.0134. The molecule has 0 spiro atoms. The molecule has 14 heavy (non-hydrogen) atoms. The Labute approximate surface area is 84.5 Å². The van der Waals surface area contributed by atoms with E-state index >= 15 is 0 Å². The normalized spacial score (nSPS) is 29.3. The zero-order valence-electron chi connectivity index (χ0n) is 8.81. The van der Waals surface area contributed by atoms with Crippen molar-refractivity contribution in [2.75, 3.05) is 13.1 Å². The number of rotatable bonds is 3. The van der Waals surface area contributed by atoms with Gasteiger partial charge in [0.1, 0.15) is 0 Å². The van der Waals surface area contributed by atoms with E-state index < -0.39 is 12.2 Å². The molecular formula is C10H19NO3. The van der Waals surface area contributed by atoms with Crippen molar-refractivity contribution in [1.82, 2.24) is 4.90 Å². The van der Waals surface area contributed by atoms with Crippen molar-refractivity contribution in [3.05, 3.63) is 0 Å². The summed E-state index contributed by atoms with van der Waals surface area (Å²) >= 11 is 0. The second kappa shape index (κ2) is 4.75. The molecule has 1 amide bonds. The maximum Gasteiger partial charge on any atom is 0.225 e. The van der Waals surface area contributed by atoms with E-state index in [4.69, 9.17) is 0 Å². The molecule has 0 aromatic rings. The van der Waals surface area contributed by atoms with Crippen LogP contribution in [0.25, 0.3) is 0 Å². The summed E-state index contributed by atoms with van der Waals surface area (Å²) in [5, 5.41) is 18.6. The van der Waals surface area contributed by atoms with Gasteiger partial charge in [-0.25, -0.2) is 0 Å². The van der Waals surface area contributed by atoms with Gasteiger partial charge >= 0.3 is 0 Å². The Kier molecular flexibility index (Phi) is 3.89. The van der Waals surface area contributed by atoms with E-state index in [1.165, 1.54) is 0 Å². The van der Waals surface area contributed by atoms with Gasteiger partial charge in [0.2, 0.25) is 5.91 Å². The third-order valence-corrected chi connectivity index (χ3v) is 2.71. The molecule has 0 saturated carbocycles. The lowest BCUT2D eigenvalue weighted by atomic mass is 10.1. The maximum absolute atomic E-state index is 11.7. The molecule has 0 radical (unpaired) electrons. The van der Waals surface area contributed by atoms with Gasteiger partial charge in [-0.15, -0.1) is 0 Å². The number of carbonyl (C=O) groups excluding carboxylic acids is 1. The van der Waals surface area contributed by atoms with Crippen LogP contribution in [0.15, 0.2) is 0 Å². The smallest absolute Gasteiger partial charge is 0.225 e. The fraction of sp³-hybridized carbons (Fsp3) is 0.900. The minimum atomic E-state index is -0.771. The van der Waals surface area contributed by atoms with E-state index in [2.05, 4.69) is 0 Å². The number of aliphatic hydroxyl groups excluding tert-OH is 2. The molecular weight excluding hydrogens is 182 g/mol. The first-order chi connectivity index (χ1) is 6.56. The van der Waals surface area contributed by atoms with Gasteiger partial charge in [-0.1, -0.05) is 20.3 Å². The number of aliphatic hydroxyl groups is 2. The summed E-state index contributed by atoms with van der Waals surface area (Å²) in [6.07, 6.45) is 0.299. The molecule has 0 aromatic heterocycles. The van der Waals surface area contributed by atoms with Crippen LogP contribution in [0, 0.1) is 5.92 Å². The molecule has 1 rings (SSSR count). The van der Waals surface area contributed by atoms with E-state index in [0.717, 1.165) is 12.8 Å². The highest BCUT2D eigenvalue weighted by atomic mass is 16.3. The van der Waals surface area contributed by atoms with E-state index in [1.807, 2.05) is 13.8 Å². The summed E-state index contributed by atoms with van der Waals surface area (Å²) in [4.78, 5) is 13.3. The first-order valence-corrected chi connectivity index (χ1v) is 5.21. The van der Waals surface area contributed by atoms with Crippen LogP contribution in [0.2, 0.25) is 0 Å². The number of hydrogen-bond acceptors (Lipinski definition) is 3. The molecule has 0 aromatic carbocycles. The highest BCUT2D eigenvalue weighted by Gasteiger charge is 2.33. The standard InChI is InChI=1S/C10H19NO3/c1-3-4-7(2)10(14)11-5-8(12)9(13)6-11/h7-9,12-13H,3-6H2,1-2H3/t7?,8-,9+. The monoisotopic (exact) mass is 201 g/mol. The van der Waals surface area contributed by atoms with Crippen LogP contribution in [-0.2, 0) is 4.79 Å². The van der Waals surface area contributed by atoms with Crippen molar-refractivity contribution < 1.29 is 15.0 Å². The number of likely N-dealkylation sites (tertiary alicyclic amines) is 1. The van der Waals surface area contributed by atoms with Crippen LogP contribution >= 0.6 is 0 Å². The summed E-state index contributed by atoms with van der Waals surface area (Å²) in [5.41, 5.74) is 0. The molecule has 0 bridgehead atoms. The Morgan fingerprint density at radius 2 is 1.93 bits per heavy atom. The Morgan fingerprint density at radius 1 is 1.43 bits per heavy atom. The van der Waals surface area contributed by atoms with E-state index in [0.29, 0.717) is 0 Å². The molecule has 2 N–H and O–H groups in total. The summed E-state index contributed by atoms with van der Waals surface area (Å²) < 4.78 is 0. The Bertz CT molecular complexity index is 198. The molecule has 1 aliphatic rings. The third-order valence-electron chi connectivity index (χ3n) is 2.71. The summed E-state index contributed by atoms with van der Waals surface area (Å²) in [6, 6.07) is 0. The second-order valence-corrected chi connectivity index (χ2v) is 4.07. The van der Waals surface area contributed by atoms with Crippen molar-refractivity contribution in [3.63, 3.8) is 0 Å². The molecule has 82 valence electrons. The lowest BCUT2D eigenvalue weighted by molar-refractivity contribution is -0.134. The molecule has 1 heterocycles. The van der Waals surface area contributed by atoms with Crippen LogP contribution in [-0.4, -0.2) is 46.3 Å². The van der Waals surface area contributed by atoms with Crippen molar-refractivity contribution in [2.45, 2.75) is 38.9 Å². The van der Waals surface area contributed by atoms with E-state index in [1.54, 1.807) is 4.90 Å². The van der Waals surface area contributed by atoms with Gasteiger partial charge in [-0.3, -0.25) is 4.79 Å². The zero-order chi connectivity index (χ0) is 10.7. The first kappa shape index (κ1) is 11.5. The van der Waals surface area contributed by atoms with E-state index in [-0.39, 0.29) is 24.9 Å². The molecule has 1 unspecified atom stereocenters. The van der Waals surface area contributed by atoms with Gasteiger partial charge in [-0.05, 0) is 6.42 Å². The quantitative estimate of drug-likeness (QED) is 0.675. The lowest BCUT2D eigenvalue weighted by Gasteiger charge is -2.19. The van der Waals surface area contributed by atoms with Gasteiger partial charge in [0, 0.05) is 19.0 Å². The van der Waals surface area contributed by atoms with Crippen LogP contribution < -0.4 is 0 Å². The molecule has 1 fully saturated rings. The summed E-state index contributed by atoms with van der Waals surface area (Å²) in [5.74, 6) is 0.0416. The molecule has 4 heteroatoms. The van der Waals surface area contributed by atoms with Crippen molar-refractivity contribution in [2.24, 2.45) is 5.92 Å². The minimum absolute atomic E-state index is 0.00231. The van der Waals surface area contributed by atoms with Gasteiger partial charge in [-0.2, -0.15) is 0 Å². The maximum atomic E-state index is 11.7. The molecule has 4 nitrogen and oxygen atoms in total. The Hall–Kier alpha value is -0.610. The molecule has 0 aliphatic carbocycles. The van der Waals surface area contributed by atoms with Gasteiger partial charge in [0.05, 0.1) is 12.2 Å².